The highest BCUT2D eigenvalue weighted by Crippen LogP contribution is 2.23. The first-order valence-electron chi connectivity index (χ1n) is 3.22. The van der Waals surface area contributed by atoms with Gasteiger partial charge in [0.25, 0.3) is 0 Å². The van der Waals surface area contributed by atoms with Gasteiger partial charge in [-0.2, -0.15) is 4.73 Å². The van der Waals surface area contributed by atoms with Gasteiger partial charge in [0.15, 0.2) is 12.4 Å². The quantitative estimate of drug-likeness (QED) is 0.450. The molecule has 0 aromatic carbocycles. The fourth-order valence-electron chi connectivity index (χ4n) is 0.801. The average Bonchev–Trinajstić information content (AvgIpc) is 2.02. The third kappa shape index (κ3) is 2.19. The first-order chi connectivity index (χ1) is 6.06. The molecule has 0 bridgehead atoms. The van der Waals surface area contributed by atoms with E-state index < -0.39 is 5.97 Å². The van der Waals surface area contributed by atoms with Crippen LogP contribution in [0.15, 0.2) is 21.3 Å². The van der Waals surface area contributed by atoms with E-state index in [1.807, 2.05) is 0 Å². The van der Waals surface area contributed by atoms with Crippen molar-refractivity contribution in [2.75, 3.05) is 7.11 Å². The molecule has 4 nitrogen and oxygen atoms in total. The van der Waals surface area contributed by atoms with E-state index in [0.29, 0.717) is 19.2 Å². The van der Waals surface area contributed by atoms with E-state index in [2.05, 4.69) is 36.6 Å². The molecule has 0 atom stereocenters. The van der Waals surface area contributed by atoms with Gasteiger partial charge >= 0.3 is 5.97 Å². The van der Waals surface area contributed by atoms with E-state index in [4.69, 9.17) is 0 Å². The van der Waals surface area contributed by atoms with Gasteiger partial charge in [-0.25, -0.2) is 4.79 Å². The fourth-order valence-corrected chi connectivity index (χ4v) is 2.22. The van der Waals surface area contributed by atoms with Gasteiger partial charge in [-0.1, -0.05) is 0 Å². The van der Waals surface area contributed by atoms with Gasteiger partial charge in [-0.15, -0.1) is 0 Å². The summed E-state index contributed by atoms with van der Waals surface area (Å²) >= 11 is 6.18. The summed E-state index contributed by atoms with van der Waals surface area (Å²) in [6, 6.07) is 0. The zero-order chi connectivity index (χ0) is 10.0. The first-order valence-corrected chi connectivity index (χ1v) is 4.81. The lowest BCUT2D eigenvalue weighted by Crippen LogP contribution is -2.26. The molecule has 6 heteroatoms. The molecule has 0 saturated carbocycles. The number of esters is 1. The maximum atomic E-state index is 11.2. The molecule has 0 fully saturated rings. The molecule has 0 amide bonds. The van der Waals surface area contributed by atoms with Crippen molar-refractivity contribution in [2.24, 2.45) is 0 Å². The molecule has 0 aliphatic heterocycles. The minimum atomic E-state index is -0.501. The van der Waals surface area contributed by atoms with Crippen LogP contribution in [0.5, 0.6) is 0 Å². The van der Waals surface area contributed by atoms with Crippen molar-refractivity contribution in [1.82, 2.24) is 0 Å². The van der Waals surface area contributed by atoms with Crippen molar-refractivity contribution in [3.8, 4) is 0 Å². The second-order valence-electron chi connectivity index (χ2n) is 2.18. The zero-order valence-corrected chi connectivity index (χ0v) is 9.75. The van der Waals surface area contributed by atoms with E-state index in [9.17, 15) is 10.0 Å². The third-order valence-corrected chi connectivity index (χ3v) is 2.55. The van der Waals surface area contributed by atoms with E-state index in [1.54, 1.807) is 0 Å². The summed E-state index contributed by atoms with van der Waals surface area (Å²) in [5, 5.41) is 10.9. The molecule has 1 rings (SSSR count). The summed E-state index contributed by atoms with van der Waals surface area (Å²) in [6.45, 7) is 0. The molecule has 0 aliphatic carbocycles. The molecule has 0 radical (unpaired) electrons. The Hall–Kier alpha value is -0.620. The molecule has 0 saturated heterocycles. The van der Waals surface area contributed by atoms with Gasteiger partial charge < -0.3 is 9.94 Å². The van der Waals surface area contributed by atoms with Crippen molar-refractivity contribution in [3.63, 3.8) is 0 Å². The molecule has 1 aromatic heterocycles. The number of pyridine rings is 1. The van der Waals surface area contributed by atoms with Gasteiger partial charge in [0.2, 0.25) is 0 Å². The summed E-state index contributed by atoms with van der Waals surface area (Å²) in [5.41, 5.74) is 0.301. The summed E-state index contributed by atoms with van der Waals surface area (Å²) in [5.74, 6) is -0.501. The van der Waals surface area contributed by atoms with Crippen molar-refractivity contribution < 1.29 is 14.3 Å². The normalized spacial score (nSPS) is 9.77. The highest BCUT2D eigenvalue weighted by atomic mass is 79.9. The molecular weight excluding hydrogens is 306 g/mol. The van der Waals surface area contributed by atoms with Crippen LogP contribution in [0.3, 0.4) is 0 Å². The Labute approximate surface area is 91.3 Å². The highest BCUT2D eigenvalue weighted by molar-refractivity contribution is 9.11. The van der Waals surface area contributed by atoms with Crippen LogP contribution in [0.25, 0.3) is 0 Å². The predicted molar refractivity (Wildman–Crippen MR) is 52.1 cm³/mol. The average molecular weight is 311 g/mol. The maximum absolute atomic E-state index is 11.2. The largest absolute Gasteiger partial charge is 0.619 e. The Bertz CT molecular complexity index is 331. The Morgan fingerprint density at radius 3 is 2.31 bits per heavy atom. The van der Waals surface area contributed by atoms with Crippen LogP contribution in [0.4, 0.5) is 0 Å². The number of carbonyl (C=O) groups excluding carboxylic acids is 1. The van der Waals surface area contributed by atoms with E-state index >= 15 is 0 Å². The second kappa shape index (κ2) is 4.06. The Morgan fingerprint density at radius 1 is 1.46 bits per heavy atom. The lowest BCUT2D eigenvalue weighted by atomic mass is 10.3. The van der Waals surface area contributed by atoms with Crippen LogP contribution < -0.4 is 4.73 Å². The minimum absolute atomic E-state index is 0.301. The second-order valence-corrected chi connectivity index (χ2v) is 3.89. The maximum Gasteiger partial charge on any atom is 0.340 e. The predicted octanol–water partition coefficient (Wildman–Crippen LogP) is 1.63. The number of rotatable bonds is 1. The highest BCUT2D eigenvalue weighted by Gasteiger charge is 2.18. The zero-order valence-electron chi connectivity index (χ0n) is 6.58. The van der Waals surface area contributed by atoms with Crippen LogP contribution in [0, 0.1) is 5.21 Å². The van der Waals surface area contributed by atoms with Crippen molar-refractivity contribution in [2.45, 2.75) is 0 Å². The number of aromatic nitrogens is 1. The molecule has 0 aliphatic rings. The molecular formula is C7H5Br2NO3. The molecule has 0 unspecified atom stereocenters. The molecule has 70 valence electrons. The smallest absolute Gasteiger partial charge is 0.340 e. The lowest BCUT2D eigenvalue weighted by molar-refractivity contribution is -0.606. The number of nitrogens with zero attached hydrogens (tertiary/aromatic N) is 1. The van der Waals surface area contributed by atoms with Gasteiger partial charge in [0, 0.05) is 0 Å². The van der Waals surface area contributed by atoms with Crippen molar-refractivity contribution in [1.29, 1.82) is 0 Å². The monoisotopic (exact) mass is 309 g/mol. The van der Waals surface area contributed by atoms with Crippen LogP contribution >= 0.6 is 31.9 Å². The Morgan fingerprint density at radius 2 is 1.92 bits per heavy atom. The SMILES string of the molecule is COC(=O)c1c(Br)c[n+]([O-])cc1Br. The van der Waals surface area contributed by atoms with Gasteiger partial charge in [0.1, 0.15) is 5.56 Å². The van der Waals surface area contributed by atoms with E-state index in [0.717, 1.165) is 0 Å². The van der Waals surface area contributed by atoms with Crippen LogP contribution in [-0.2, 0) is 4.74 Å². The standard InChI is InChI=1S/C7H5Br2NO3/c1-13-7(11)6-4(8)2-10(12)3-5(6)9/h2-3H,1H3. The molecule has 1 heterocycles. The number of ether oxygens (including phenoxy) is 1. The van der Waals surface area contributed by atoms with Crippen molar-refractivity contribution >= 4 is 37.8 Å². The van der Waals surface area contributed by atoms with Gasteiger partial charge in [0.05, 0.1) is 16.1 Å². The summed E-state index contributed by atoms with van der Waals surface area (Å²) < 4.78 is 5.90. The molecule has 0 N–H and O–H groups in total. The molecule has 1 aromatic rings. The Kier molecular flexibility index (Phi) is 3.27. The van der Waals surface area contributed by atoms with E-state index in [1.165, 1.54) is 19.5 Å². The first kappa shape index (κ1) is 10.5. The topological polar surface area (TPSA) is 53.2 Å². The van der Waals surface area contributed by atoms with Crippen LogP contribution in [0.1, 0.15) is 10.4 Å². The molecule has 0 spiro atoms. The number of hydrogen-bond acceptors (Lipinski definition) is 3. The summed E-state index contributed by atoms with van der Waals surface area (Å²) in [4.78, 5) is 11.2. The fraction of sp³-hybridized carbons (Fsp3) is 0.143. The molecule has 13 heavy (non-hydrogen) atoms. The van der Waals surface area contributed by atoms with Crippen LogP contribution in [0.2, 0.25) is 0 Å². The summed E-state index contributed by atoms with van der Waals surface area (Å²) in [6.07, 6.45) is 2.47. The van der Waals surface area contributed by atoms with Gasteiger partial charge in [-0.05, 0) is 31.9 Å². The number of halogens is 2. The van der Waals surface area contributed by atoms with Gasteiger partial charge in [-0.3, -0.25) is 0 Å². The number of carbonyl (C=O) groups is 1. The lowest BCUT2D eigenvalue weighted by Gasteiger charge is -2.04. The van der Waals surface area contributed by atoms with E-state index in [-0.39, 0.29) is 0 Å². The van der Waals surface area contributed by atoms with Crippen molar-refractivity contribution in [3.05, 3.63) is 32.1 Å². The summed E-state index contributed by atoms with van der Waals surface area (Å²) in [7, 11) is 1.28. The third-order valence-electron chi connectivity index (χ3n) is 1.35. The van der Waals surface area contributed by atoms with Crippen LogP contribution in [-0.4, -0.2) is 13.1 Å². The number of hydrogen-bond donors (Lipinski definition) is 0. The number of methoxy groups -OCH3 is 1. The Balaban J connectivity index is 3.28. The minimum Gasteiger partial charge on any atom is -0.619 e.